The van der Waals surface area contributed by atoms with Crippen LogP contribution in [0.5, 0.6) is 0 Å². The molecule has 4 rings (SSSR count). The number of benzene rings is 2. The molecule has 2 aromatic heterocycles. The number of carbonyl (C=O) groups is 1. The van der Waals surface area contributed by atoms with Gasteiger partial charge in [-0.25, -0.2) is 4.39 Å². The van der Waals surface area contributed by atoms with Gasteiger partial charge in [0.2, 0.25) is 5.91 Å². The van der Waals surface area contributed by atoms with Crippen LogP contribution in [-0.4, -0.2) is 26.4 Å². The molecule has 29 heavy (non-hydrogen) atoms. The minimum absolute atomic E-state index is 0.139. The molecular weight excluding hydrogens is 407 g/mol. The number of hydrogen-bond acceptors (Lipinski definition) is 5. The Balaban J connectivity index is 1.46. The first kappa shape index (κ1) is 19.4. The summed E-state index contributed by atoms with van der Waals surface area (Å²) in [6.45, 7) is 0. The summed E-state index contributed by atoms with van der Waals surface area (Å²) in [5, 5.41) is 13.7. The van der Waals surface area contributed by atoms with E-state index in [2.05, 4.69) is 15.5 Å². The molecule has 1 unspecified atom stereocenters. The monoisotopic (exact) mass is 424 g/mol. The summed E-state index contributed by atoms with van der Waals surface area (Å²) < 4.78 is 15.1. The number of carbonyl (C=O) groups excluding carboxylic acids is 1. The number of nitrogens with zero attached hydrogens (tertiary/aromatic N) is 3. The molecule has 0 radical (unpaired) electrons. The van der Waals surface area contributed by atoms with E-state index in [9.17, 15) is 9.18 Å². The molecule has 1 N–H and O–H groups in total. The largest absolute Gasteiger partial charge is 0.344 e. The maximum absolute atomic E-state index is 13.3. The third-order valence-electron chi connectivity index (χ3n) is 4.22. The Kier molecular flexibility index (Phi) is 6.02. The second-order valence-corrected chi connectivity index (χ2v) is 8.10. The molecule has 5 nitrogen and oxygen atoms in total. The van der Waals surface area contributed by atoms with E-state index >= 15 is 0 Å². The molecule has 0 aliphatic carbocycles. The van der Waals surface area contributed by atoms with Crippen molar-refractivity contribution in [1.82, 2.24) is 20.1 Å². The fraction of sp³-hybridized carbons (Fsp3) is 0.0952. The second-order valence-electron chi connectivity index (χ2n) is 6.18. The van der Waals surface area contributed by atoms with Crippen LogP contribution in [0.25, 0.3) is 5.69 Å². The number of nitrogens with one attached hydrogen (secondary N) is 1. The lowest BCUT2D eigenvalue weighted by Gasteiger charge is -2.18. The van der Waals surface area contributed by atoms with Gasteiger partial charge in [0.1, 0.15) is 12.1 Å². The van der Waals surface area contributed by atoms with E-state index in [-0.39, 0.29) is 23.5 Å². The van der Waals surface area contributed by atoms with E-state index in [1.807, 2.05) is 52.4 Å². The lowest BCUT2D eigenvalue weighted by Crippen LogP contribution is -2.30. The molecule has 2 aromatic carbocycles. The van der Waals surface area contributed by atoms with E-state index < -0.39 is 0 Å². The third kappa shape index (κ3) is 4.72. The van der Waals surface area contributed by atoms with Crippen molar-refractivity contribution in [3.8, 4) is 5.69 Å². The van der Waals surface area contributed by atoms with Crippen molar-refractivity contribution in [2.75, 3.05) is 5.75 Å². The predicted octanol–water partition coefficient (Wildman–Crippen LogP) is 4.47. The summed E-state index contributed by atoms with van der Waals surface area (Å²) in [6, 6.07) is 19.5. The van der Waals surface area contributed by atoms with Gasteiger partial charge in [-0.1, -0.05) is 48.2 Å². The Hall–Kier alpha value is -2.97. The zero-order valence-corrected chi connectivity index (χ0v) is 16.9. The van der Waals surface area contributed by atoms with Crippen molar-refractivity contribution in [3.05, 3.63) is 94.7 Å². The molecule has 0 saturated heterocycles. The maximum Gasteiger partial charge on any atom is 0.231 e. The summed E-state index contributed by atoms with van der Waals surface area (Å²) in [7, 11) is 0. The number of hydrogen-bond donors (Lipinski definition) is 1. The number of para-hydroxylation sites is 1. The number of thioether (sulfide) groups is 1. The second kappa shape index (κ2) is 9.02. The van der Waals surface area contributed by atoms with Crippen LogP contribution in [0.15, 0.2) is 83.6 Å². The lowest BCUT2D eigenvalue weighted by atomic mass is 10.1. The van der Waals surface area contributed by atoms with Gasteiger partial charge in [-0.05, 0) is 41.3 Å². The van der Waals surface area contributed by atoms with Crippen molar-refractivity contribution in [1.29, 1.82) is 0 Å². The van der Waals surface area contributed by atoms with E-state index in [1.165, 1.54) is 23.9 Å². The molecule has 1 atom stereocenters. The van der Waals surface area contributed by atoms with Crippen LogP contribution < -0.4 is 5.32 Å². The third-order valence-corrected chi connectivity index (χ3v) is 6.10. The minimum atomic E-state index is -0.323. The zero-order valence-electron chi connectivity index (χ0n) is 15.2. The van der Waals surface area contributed by atoms with Gasteiger partial charge in [-0.2, -0.15) is 0 Å². The molecule has 0 bridgehead atoms. The smallest absolute Gasteiger partial charge is 0.231 e. The topological polar surface area (TPSA) is 59.8 Å². The first-order valence-corrected chi connectivity index (χ1v) is 10.7. The average molecular weight is 425 g/mol. The van der Waals surface area contributed by atoms with Crippen molar-refractivity contribution < 1.29 is 9.18 Å². The van der Waals surface area contributed by atoms with Crippen molar-refractivity contribution >= 4 is 29.0 Å². The standard InChI is InChI=1S/C21H17FN4OS2/c22-16-10-8-15(9-11-16)20(18-7-4-12-28-18)24-19(27)13-29-21-25-23-14-26(21)17-5-2-1-3-6-17/h1-12,14,20H,13H2,(H,24,27). The van der Waals surface area contributed by atoms with Gasteiger partial charge in [-0.15, -0.1) is 21.5 Å². The number of aromatic nitrogens is 3. The fourth-order valence-corrected chi connectivity index (χ4v) is 4.39. The van der Waals surface area contributed by atoms with Gasteiger partial charge < -0.3 is 5.32 Å². The lowest BCUT2D eigenvalue weighted by molar-refractivity contribution is -0.119. The van der Waals surface area contributed by atoms with Crippen molar-refractivity contribution in [2.24, 2.45) is 0 Å². The van der Waals surface area contributed by atoms with Gasteiger partial charge in [0.25, 0.3) is 0 Å². The maximum atomic E-state index is 13.3. The Bertz CT molecular complexity index is 1070. The van der Waals surface area contributed by atoms with Gasteiger partial charge in [0.05, 0.1) is 11.8 Å². The molecule has 2 heterocycles. The quantitative estimate of drug-likeness (QED) is 0.445. The van der Waals surface area contributed by atoms with Gasteiger partial charge >= 0.3 is 0 Å². The van der Waals surface area contributed by atoms with Gasteiger partial charge in [-0.3, -0.25) is 9.36 Å². The van der Waals surface area contributed by atoms with Crippen LogP contribution in [0.2, 0.25) is 0 Å². The summed E-state index contributed by atoms with van der Waals surface area (Å²) >= 11 is 2.86. The van der Waals surface area contributed by atoms with Crippen molar-refractivity contribution in [3.63, 3.8) is 0 Å². The highest BCUT2D eigenvalue weighted by Crippen LogP contribution is 2.27. The normalized spacial score (nSPS) is 11.9. The van der Waals surface area contributed by atoms with E-state index in [1.54, 1.807) is 29.8 Å². The van der Waals surface area contributed by atoms with Crippen LogP contribution >= 0.6 is 23.1 Å². The Morgan fingerprint density at radius 2 is 1.90 bits per heavy atom. The van der Waals surface area contributed by atoms with E-state index in [0.717, 1.165) is 16.1 Å². The summed E-state index contributed by atoms with van der Waals surface area (Å²) in [4.78, 5) is 13.7. The Morgan fingerprint density at radius 1 is 1.10 bits per heavy atom. The minimum Gasteiger partial charge on any atom is -0.344 e. The predicted molar refractivity (Wildman–Crippen MR) is 113 cm³/mol. The van der Waals surface area contributed by atoms with Crippen LogP contribution in [0.3, 0.4) is 0 Å². The Morgan fingerprint density at radius 3 is 2.62 bits per heavy atom. The van der Waals surface area contributed by atoms with Gasteiger partial charge in [0.15, 0.2) is 5.16 Å². The first-order valence-electron chi connectivity index (χ1n) is 8.87. The first-order chi connectivity index (χ1) is 14.2. The van der Waals surface area contributed by atoms with Crippen LogP contribution in [0.4, 0.5) is 4.39 Å². The van der Waals surface area contributed by atoms with E-state index in [4.69, 9.17) is 0 Å². The molecule has 0 aliphatic rings. The molecule has 0 fully saturated rings. The number of thiophene rings is 1. The SMILES string of the molecule is O=C(CSc1nncn1-c1ccccc1)NC(c1ccc(F)cc1)c1cccs1. The van der Waals surface area contributed by atoms with Gasteiger partial charge in [0, 0.05) is 10.6 Å². The van der Waals surface area contributed by atoms with Crippen LogP contribution in [-0.2, 0) is 4.79 Å². The molecule has 1 amide bonds. The highest BCUT2D eigenvalue weighted by molar-refractivity contribution is 7.99. The molecular formula is C21H17FN4OS2. The molecule has 0 aliphatic heterocycles. The number of amides is 1. The fourth-order valence-electron chi connectivity index (χ4n) is 2.85. The Labute approximate surface area is 175 Å². The highest BCUT2D eigenvalue weighted by Gasteiger charge is 2.19. The summed E-state index contributed by atoms with van der Waals surface area (Å²) in [6.07, 6.45) is 1.63. The summed E-state index contributed by atoms with van der Waals surface area (Å²) in [5.41, 5.74) is 1.77. The molecule has 8 heteroatoms. The average Bonchev–Trinajstić information content (AvgIpc) is 3.44. The molecule has 0 saturated carbocycles. The summed E-state index contributed by atoms with van der Waals surface area (Å²) in [5.74, 6) is -0.254. The number of rotatable bonds is 7. The molecule has 146 valence electrons. The zero-order chi connectivity index (χ0) is 20.1. The van der Waals surface area contributed by atoms with E-state index in [0.29, 0.717) is 5.16 Å². The van der Waals surface area contributed by atoms with Crippen LogP contribution in [0.1, 0.15) is 16.5 Å². The molecule has 4 aromatic rings. The van der Waals surface area contributed by atoms with Crippen LogP contribution in [0, 0.1) is 5.82 Å². The number of halogens is 1. The molecule has 0 spiro atoms. The highest BCUT2D eigenvalue weighted by atomic mass is 32.2. The van der Waals surface area contributed by atoms with Crippen molar-refractivity contribution in [2.45, 2.75) is 11.2 Å².